The van der Waals surface area contributed by atoms with Gasteiger partial charge in [0.2, 0.25) is 5.91 Å². The van der Waals surface area contributed by atoms with E-state index in [0.29, 0.717) is 13.0 Å². The molecule has 2 fully saturated rings. The number of hydrogen-bond acceptors (Lipinski definition) is 6. The molecule has 11 heteroatoms. The van der Waals surface area contributed by atoms with Crippen molar-refractivity contribution in [3.63, 3.8) is 0 Å². The summed E-state index contributed by atoms with van der Waals surface area (Å²) in [5, 5.41) is 17.6. The first kappa shape index (κ1) is 27.3. The number of morpholine rings is 1. The van der Waals surface area contributed by atoms with Gasteiger partial charge in [-0.3, -0.25) is 19.8 Å². The van der Waals surface area contributed by atoms with Gasteiger partial charge in [0.05, 0.1) is 24.7 Å². The van der Waals surface area contributed by atoms with Crippen molar-refractivity contribution in [2.45, 2.75) is 32.2 Å². The maximum Gasteiger partial charge on any atom is 0.269 e. The lowest BCUT2D eigenvalue weighted by molar-refractivity contribution is -0.384. The Hall–Kier alpha value is -1.99. The van der Waals surface area contributed by atoms with Crippen LogP contribution in [0.15, 0.2) is 29.3 Å². The number of amides is 1. The highest BCUT2D eigenvalue weighted by Crippen LogP contribution is 2.12. The molecule has 0 aromatic heterocycles. The molecule has 0 atom stereocenters. The zero-order valence-electron chi connectivity index (χ0n) is 19.0. The molecule has 0 bridgehead atoms. The lowest BCUT2D eigenvalue weighted by atomic mass is 10.2. The van der Waals surface area contributed by atoms with Crippen LogP contribution < -0.4 is 10.6 Å². The number of nitro benzene ring substituents is 1. The quantitative estimate of drug-likeness (QED) is 0.104. The van der Waals surface area contributed by atoms with Gasteiger partial charge in [0.25, 0.3) is 5.69 Å². The van der Waals surface area contributed by atoms with E-state index < -0.39 is 4.92 Å². The summed E-state index contributed by atoms with van der Waals surface area (Å²) in [4.78, 5) is 31.1. The van der Waals surface area contributed by atoms with E-state index in [-0.39, 0.29) is 35.6 Å². The second-order valence-corrected chi connectivity index (χ2v) is 8.09. The van der Waals surface area contributed by atoms with Crippen LogP contribution in [0.25, 0.3) is 0 Å². The topological polar surface area (TPSA) is 112 Å². The first-order valence-electron chi connectivity index (χ1n) is 11.5. The highest BCUT2D eigenvalue weighted by atomic mass is 127. The van der Waals surface area contributed by atoms with Gasteiger partial charge in [-0.15, -0.1) is 24.0 Å². The monoisotopic (exact) mass is 574 g/mol. The van der Waals surface area contributed by atoms with E-state index in [1.54, 1.807) is 12.1 Å². The molecule has 2 aliphatic rings. The van der Waals surface area contributed by atoms with Crippen LogP contribution >= 0.6 is 24.0 Å². The Morgan fingerprint density at radius 2 is 1.73 bits per heavy atom. The summed E-state index contributed by atoms with van der Waals surface area (Å²) >= 11 is 0. The zero-order valence-corrected chi connectivity index (χ0v) is 21.4. The number of nitrogens with zero attached hydrogens (tertiary/aromatic N) is 4. The molecule has 1 aromatic carbocycles. The summed E-state index contributed by atoms with van der Waals surface area (Å²) in [7, 11) is 0. The van der Waals surface area contributed by atoms with Gasteiger partial charge in [0.1, 0.15) is 0 Å². The van der Waals surface area contributed by atoms with Crippen LogP contribution in [0.4, 0.5) is 5.69 Å². The van der Waals surface area contributed by atoms with E-state index in [1.807, 2.05) is 4.90 Å². The number of nitro groups is 1. The predicted octanol–water partition coefficient (Wildman–Crippen LogP) is 1.98. The summed E-state index contributed by atoms with van der Waals surface area (Å²) in [5.41, 5.74) is 0.987. The number of carbonyl (C=O) groups is 1. The summed E-state index contributed by atoms with van der Waals surface area (Å²) in [5.74, 6) is 0.969. The van der Waals surface area contributed by atoms with Gasteiger partial charge in [-0.2, -0.15) is 0 Å². The number of ether oxygens (including phenoxy) is 1. The average molecular weight is 574 g/mol. The van der Waals surface area contributed by atoms with Crippen molar-refractivity contribution in [1.29, 1.82) is 0 Å². The van der Waals surface area contributed by atoms with Crippen LogP contribution in [-0.4, -0.2) is 85.6 Å². The van der Waals surface area contributed by atoms with Gasteiger partial charge >= 0.3 is 0 Å². The van der Waals surface area contributed by atoms with Crippen molar-refractivity contribution in [3.8, 4) is 0 Å². The Morgan fingerprint density at radius 1 is 1.06 bits per heavy atom. The van der Waals surface area contributed by atoms with Crippen LogP contribution in [-0.2, 0) is 16.1 Å². The van der Waals surface area contributed by atoms with Crippen molar-refractivity contribution in [1.82, 2.24) is 20.4 Å². The van der Waals surface area contributed by atoms with Crippen molar-refractivity contribution in [2.75, 3.05) is 59.0 Å². The van der Waals surface area contributed by atoms with Gasteiger partial charge in [-0.1, -0.05) is 12.1 Å². The van der Waals surface area contributed by atoms with Gasteiger partial charge in [0, 0.05) is 57.8 Å². The third-order valence-electron chi connectivity index (χ3n) is 5.68. The molecule has 1 aromatic rings. The average Bonchev–Trinajstić information content (AvgIpc) is 3.22. The number of benzene rings is 1. The largest absolute Gasteiger partial charge is 0.379 e. The minimum atomic E-state index is -0.402. The summed E-state index contributed by atoms with van der Waals surface area (Å²) in [6.45, 7) is 8.16. The number of non-ortho nitro benzene ring substituents is 1. The molecule has 184 valence electrons. The molecule has 33 heavy (non-hydrogen) atoms. The molecule has 1 amide bonds. The van der Waals surface area contributed by atoms with Crippen LogP contribution in [0.1, 0.15) is 31.2 Å². The number of aliphatic imine (C=N–C) groups is 1. The van der Waals surface area contributed by atoms with Crippen LogP contribution in [0, 0.1) is 10.1 Å². The molecule has 0 saturated carbocycles. The molecule has 3 rings (SSSR count). The maximum atomic E-state index is 11.7. The van der Waals surface area contributed by atoms with Crippen LogP contribution in [0.3, 0.4) is 0 Å². The smallest absolute Gasteiger partial charge is 0.269 e. The SMILES string of the molecule is I.O=C1CCCN1CCCNC(=NCc1ccc([N+](=O)[O-])cc1)NCCCN1CCOCC1. The van der Waals surface area contributed by atoms with Crippen molar-refractivity contribution in [3.05, 3.63) is 39.9 Å². The van der Waals surface area contributed by atoms with E-state index >= 15 is 0 Å². The summed E-state index contributed by atoms with van der Waals surface area (Å²) in [6.07, 6.45) is 3.48. The standard InChI is InChI=1S/C22H34N6O4.HI/c29-21-4-1-12-27(21)13-3-10-24-22(23-9-2-11-26-14-16-32-17-15-26)25-18-19-5-7-20(8-6-19)28(30)31;/h5-8H,1-4,9-18H2,(H2,23,24,25);1H. The molecular weight excluding hydrogens is 539 g/mol. The highest BCUT2D eigenvalue weighted by Gasteiger charge is 2.19. The minimum Gasteiger partial charge on any atom is -0.379 e. The number of guanidine groups is 1. The van der Waals surface area contributed by atoms with E-state index in [0.717, 1.165) is 89.8 Å². The summed E-state index contributed by atoms with van der Waals surface area (Å²) in [6, 6.07) is 6.47. The molecule has 10 nitrogen and oxygen atoms in total. The second kappa shape index (κ2) is 15.0. The number of carbonyl (C=O) groups excluding carboxylic acids is 1. The fraction of sp³-hybridized carbons (Fsp3) is 0.636. The highest BCUT2D eigenvalue weighted by molar-refractivity contribution is 14.0. The van der Waals surface area contributed by atoms with Crippen molar-refractivity contribution >= 4 is 41.5 Å². The molecule has 0 aliphatic carbocycles. The van der Waals surface area contributed by atoms with Crippen molar-refractivity contribution in [2.24, 2.45) is 4.99 Å². The number of rotatable bonds is 11. The number of nitrogens with one attached hydrogen (secondary N) is 2. The third-order valence-corrected chi connectivity index (χ3v) is 5.68. The van der Waals surface area contributed by atoms with Gasteiger partial charge < -0.3 is 20.3 Å². The predicted molar refractivity (Wildman–Crippen MR) is 138 cm³/mol. The molecule has 2 aliphatic heterocycles. The number of halogens is 1. The molecule has 2 N–H and O–H groups in total. The van der Waals surface area contributed by atoms with Gasteiger partial charge in [0.15, 0.2) is 5.96 Å². The molecule has 0 spiro atoms. The first-order chi connectivity index (χ1) is 15.6. The first-order valence-corrected chi connectivity index (χ1v) is 11.5. The molecule has 0 unspecified atom stereocenters. The second-order valence-electron chi connectivity index (χ2n) is 8.09. The molecule has 0 radical (unpaired) electrons. The summed E-state index contributed by atoms with van der Waals surface area (Å²) < 4.78 is 5.39. The Bertz CT molecular complexity index is 771. The number of hydrogen-bond donors (Lipinski definition) is 2. The fourth-order valence-corrected chi connectivity index (χ4v) is 3.82. The van der Waals surface area contributed by atoms with Crippen LogP contribution in [0.2, 0.25) is 0 Å². The Kier molecular flexibility index (Phi) is 12.4. The van der Waals surface area contributed by atoms with E-state index in [2.05, 4.69) is 20.5 Å². The van der Waals surface area contributed by atoms with Gasteiger partial charge in [-0.05, 0) is 31.4 Å². The minimum absolute atomic E-state index is 0. The fourth-order valence-electron chi connectivity index (χ4n) is 3.82. The van der Waals surface area contributed by atoms with Gasteiger partial charge in [-0.25, -0.2) is 4.99 Å². The molecule has 2 heterocycles. The van der Waals surface area contributed by atoms with Crippen molar-refractivity contribution < 1.29 is 14.5 Å². The lowest BCUT2D eigenvalue weighted by Gasteiger charge is -2.26. The lowest BCUT2D eigenvalue weighted by Crippen LogP contribution is -2.41. The van der Waals surface area contributed by atoms with E-state index in [4.69, 9.17) is 4.74 Å². The third kappa shape index (κ3) is 9.80. The normalized spacial score (nSPS) is 17.0. The Labute approximate surface area is 212 Å². The Balaban J connectivity index is 0.00000385. The van der Waals surface area contributed by atoms with E-state index in [1.165, 1.54) is 12.1 Å². The van der Waals surface area contributed by atoms with Crippen LogP contribution in [0.5, 0.6) is 0 Å². The zero-order chi connectivity index (χ0) is 22.6. The molecule has 2 saturated heterocycles. The Morgan fingerprint density at radius 3 is 2.33 bits per heavy atom. The van der Waals surface area contributed by atoms with E-state index in [9.17, 15) is 14.9 Å². The maximum absolute atomic E-state index is 11.7. The molecular formula is C22H35IN6O4. The number of likely N-dealkylation sites (tertiary alicyclic amines) is 1.